The van der Waals surface area contributed by atoms with Crippen LogP contribution < -0.4 is 15.4 Å². The van der Waals surface area contributed by atoms with Gasteiger partial charge in [-0.2, -0.15) is 0 Å². The molecule has 0 spiro atoms. The van der Waals surface area contributed by atoms with Crippen LogP contribution in [0.25, 0.3) is 5.82 Å². The van der Waals surface area contributed by atoms with Crippen LogP contribution >= 0.6 is 0 Å². The lowest BCUT2D eigenvalue weighted by atomic mass is 10.2. The first-order valence-corrected chi connectivity index (χ1v) is 8.20. The second-order valence-corrected chi connectivity index (χ2v) is 5.62. The van der Waals surface area contributed by atoms with Gasteiger partial charge in [-0.1, -0.05) is 0 Å². The van der Waals surface area contributed by atoms with E-state index in [9.17, 15) is 9.59 Å². The first kappa shape index (κ1) is 19.0. The number of pyridine rings is 1. The van der Waals surface area contributed by atoms with Gasteiger partial charge in [0.2, 0.25) is 5.91 Å². The van der Waals surface area contributed by atoms with Crippen molar-refractivity contribution in [2.45, 2.75) is 0 Å². The lowest BCUT2D eigenvalue weighted by Gasteiger charge is -2.14. The van der Waals surface area contributed by atoms with Crippen molar-refractivity contribution in [3.63, 3.8) is 0 Å². The van der Waals surface area contributed by atoms with Gasteiger partial charge in [0.15, 0.2) is 0 Å². The van der Waals surface area contributed by atoms with Gasteiger partial charge in [-0.05, 0) is 24.3 Å². The van der Waals surface area contributed by atoms with Crippen LogP contribution in [0.5, 0.6) is 5.75 Å². The Morgan fingerprint density at radius 2 is 1.82 bits per heavy atom. The van der Waals surface area contributed by atoms with Gasteiger partial charge in [0.1, 0.15) is 30.8 Å². The van der Waals surface area contributed by atoms with E-state index in [1.165, 1.54) is 33.1 Å². The van der Waals surface area contributed by atoms with Gasteiger partial charge >= 0.3 is 0 Å². The predicted molar refractivity (Wildman–Crippen MR) is 101 cm³/mol. The highest BCUT2D eigenvalue weighted by atomic mass is 16.5. The molecule has 28 heavy (non-hydrogen) atoms. The van der Waals surface area contributed by atoms with E-state index in [1.807, 2.05) is 0 Å². The normalized spacial score (nSPS) is 10.4. The molecular formula is C18H18N6O4. The molecule has 3 aromatic rings. The number of aromatic nitrogens is 4. The summed E-state index contributed by atoms with van der Waals surface area (Å²) in [5.74, 6) is 0.297. The van der Waals surface area contributed by atoms with Crippen LogP contribution in [0, 0.1) is 0 Å². The molecule has 0 saturated carbocycles. The number of carbonyl (C=O) groups excluding carboxylic acids is 2. The van der Waals surface area contributed by atoms with E-state index < -0.39 is 0 Å². The second kappa shape index (κ2) is 8.73. The van der Waals surface area contributed by atoms with E-state index in [4.69, 9.17) is 9.47 Å². The van der Waals surface area contributed by atoms with Gasteiger partial charge in [0.05, 0.1) is 18.5 Å². The zero-order chi connectivity index (χ0) is 19.9. The zero-order valence-corrected chi connectivity index (χ0v) is 15.2. The maximum atomic E-state index is 12.7. The maximum absolute atomic E-state index is 12.7. The van der Waals surface area contributed by atoms with Crippen LogP contribution in [0.1, 0.15) is 10.4 Å². The fourth-order valence-electron chi connectivity index (χ4n) is 2.39. The Morgan fingerprint density at radius 3 is 2.54 bits per heavy atom. The number of rotatable bonds is 7. The molecule has 2 amide bonds. The Hall–Kier alpha value is -3.79. The number of ether oxygens (including phenoxy) is 2. The van der Waals surface area contributed by atoms with E-state index >= 15 is 0 Å². The quantitative estimate of drug-likeness (QED) is 0.635. The number of carbonyl (C=O) groups is 2. The number of hydrogen-bond acceptors (Lipinski definition) is 7. The van der Waals surface area contributed by atoms with Crippen LogP contribution in [0.15, 0.2) is 49.2 Å². The fraction of sp³-hybridized carbons (Fsp3) is 0.167. The fourth-order valence-corrected chi connectivity index (χ4v) is 2.39. The number of amides is 2. The van der Waals surface area contributed by atoms with Crippen LogP contribution in [-0.4, -0.2) is 52.4 Å². The van der Waals surface area contributed by atoms with Crippen LogP contribution in [0.4, 0.5) is 11.4 Å². The third-order valence-electron chi connectivity index (χ3n) is 3.72. The number of nitrogens with one attached hydrogen (secondary N) is 2. The molecule has 10 nitrogen and oxygen atoms in total. The molecule has 1 aromatic carbocycles. The molecule has 3 rings (SSSR count). The summed E-state index contributed by atoms with van der Waals surface area (Å²) in [7, 11) is 2.94. The third-order valence-corrected chi connectivity index (χ3v) is 3.72. The molecule has 0 saturated heterocycles. The van der Waals surface area contributed by atoms with Crippen molar-refractivity contribution in [3.05, 3.63) is 54.7 Å². The molecule has 0 radical (unpaired) electrons. The Morgan fingerprint density at radius 1 is 1.04 bits per heavy atom. The van der Waals surface area contributed by atoms with Crippen molar-refractivity contribution < 1.29 is 19.1 Å². The molecule has 2 N–H and O–H groups in total. The lowest BCUT2D eigenvalue weighted by Crippen LogP contribution is -2.20. The summed E-state index contributed by atoms with van der Waals surface area (Å²) in [6.07, 6.45) is 4.47. The molecule has 144 valence electrons. The second-order valence-electron chi connectivity index (χ2n) is 5.62. The average molecular weight is 382 g/mol. The molecule has 10 heteroatoms. The van der Waals surface area contributed by atoms with Gasteiger partial charge in [0.25, 0.3) is 5.91 Å². The number of methoxy groups -OCH3 is 2. The van der Waals surface area contributed by atoms with Gasteiger partial charge in [-0.15, -0.1) is 10.2 Å². The minimum atomic E-state index is -0.382. The van der Waals surface area contributed by atoms with Crippen molar-refractivity contribution in [3.8, 4) is 11.6 Å². The van der Waals surface area contributed by atoms with E-state index in [-0.39, 0.29) is 18.4 Å². The SMILES string of the molecule is COCC(=O)Nc1ccc(OC)cc1NC(=O)c1ccnc(-n2cnnc2)c1. The molecule has 0 aliphatic rings. The smallest absolute Gasteiger partial charge is 0.255 e. The highest BCUT2D eigenvalue weighted by Gasteiger charge is 2.13. The molecule has 0 unspecified atom stereocenters. The van der Waals surface area contributed by atoms with Crippen molar-refractivity contribution in [1.29, 1.82) is 0 Å². The van der Waals surface area contributed by atoms with Gasteiger partial charge in [-0.25, -0.2) is 4.98 Å². The maximum Gasteiger partial charge on any atom is 0.255 e. The summed E-state index contributed by atoms with van der Waals surface area (Å²) >= 11 is 0. The monoisotopic (exact) mass is 382 g/mol. The summed E-state index contributed by atoms with van der Waals surface area (Å²) in [4.78, 5) is 28.8. The first-order valence-electron chi connectivity index (χ1n) is 8.20. The lowest BCUT2D eigenvalue weighted by molar-refractivity contribution is -0.119. The number of benzene rings is 1. The summed E-state index contributed by atoms with van der Waals surface area (Å²) < 4.78 is 11.6. The summed E-state index contributed by atoms with van der Waals surface area (Å²) in [5, 5.41) is 12.9. The average Bonchev–Trinajstić information content (AvgIpc) is 3.24. The van der Waals surface area contributed by atoms with E-state index in [0.29, 0.717) is 28.5 Å². The minimum absolute atomic E-state index is 0.105. The Labute approximate surface area is 160 Å². The molecule has 0 aliphatic carbocycles. The molecule has 0 aliphatic heterocycles. The van der Waals surface area contributed by atoms with Gasteiger partial charge < -0.3 is 20.1 Å². The van der Waals surface area contributed by atoms with Gasteiger partial charge in [0, 0.05) is 24.9 Å². The van der Waals surface area contributed by atoms with Crippen molar-refractivity contribution >= 4 is 23.2 Å². The first-order chi connectivity index (χ1) is 13.6. The largest absolute Gasteiger partial charge is 0.497 e. The van der Waals surface area contributed by atoms with Crippen LogP contribution in [0.3, 0.4) is 0 Å². The summed E-state index contributed by atoms with van der Waals surface area (Å²) in [6, 6.07) is 8.10. The van der Waals surface area contributed by atoms with Crippen molar-refractivity contribution in [1.82, 2.24) is 19.7 Å². The third kappa shape index (κ3) is 4.48. The molecule has 2 aromatic heterocycles. The summed E-state index contributed by atoms with van der Waals surface area (Å²) in [5.41, 5.74) is 1.18. The minimum Gasteiger partial charge on any atom is -0.497 e. The Balaban J connectivity index is 1.85. The van der Waals surface area contributed by atoms with E-state index in [0.717, 1.165) is 0 Å². The summed E-state index contributed by atoms with van der Waals surface area (Å²) in [6.45, 7) is -0.105. The van der Waals surface area contributed by atoms with Crippen molar-refractivity contribution in [2.75, 3.05) is 31.5 Å². The topological polar surface area (TPSA) is 120 Å². The van der Waals surface area contributed by atoms with E-state index in [2.05, 4.69) is 25.8 Å². The van der Waals surface area contributed by atoms with Crippen LogP contribution in [0.2, 0.25) is 0 Å². The number of anilines is 2. The van der Waals surface area contributed by atoms with Crippen LogP contribution in [-0.2, 0) is 9.53 Å². The highest BCUT2D eigenvalue weighted by molar-refractivity contribution is 6.07. The van der Waals surface area contributed by atoms with Crippen molar-refractivity contribution in [2.24, 2.45) is 0 Å². The molecule has 2 heterocycles. The molecule has 0 fully saturated rings. The molecule has 0 bridgehead atoms. The number of nitrogens with zero attached hydrogens (tertiary/aromatic N) is 4. The molecular weight excluding hydrogens is 364 g/mol. The van der Waals surface area contributed by atoms with E-state index in [1.54, 1.807) is 34.9 Å². The highest BCUT2D eigenvalue weighted by Crippen LogP contribution is 2.27. The molecule has 0 atom stereocenters. The standard InChI is InChI=1S/C18H18N6O4/c1-27-9-17(25)22-14-4-3-13(28-2)8-15(14)23-18(26)12-5-6-19-16(7-12)24-10-20-21-11-24/h3-8,10-11H,9H2,1-2H3,(H,22,25)(H,23,26). The Kier molecular flexibility index (Phi) is 5.92. The number of hydrogen-bond donors (Lipinski definition) is 2. The van der Waals surface area contributed by atoms with Gasteiger partial charge in [-0.3, -0.25) is 14.2 Å². The predicted octanol–water partition coefficient (Wildman–Crippen LogP) is 1.51. The zero-order valence-electron chi connectivity index (χ0n) is 15.2. The Bertz CT molecular complexity index is 974.